The molecule has 128 valence electrons. The van der Waals surface area contributed by atoms with Gasteiger partial charge in [0.2, 0.25) is 0 Å². The third kappa shape index (κ3) is 1.99. The summed E-state index contributed by atoms with van der Waals surface area (Å²) in [5.74, 6) is 0.401. The van der Waals surface area contributed by atoms with Crippen molar-refractivity contribution in [1.82, 2.24) is 4.90 Å². The van der Waals surface area contributed by atoms with Crippen LogP contribution in [0.4, 0.5) is 0 Å². The van der Waals surface area contributed by atoms with Gasteiger partial charge in [0.1, 0.15) is 6.04 Å². The minimum atomic E-state index is -0.568. The lowest BCUT2D eigenvalue weighted by Gasteiger charge is -2.56. The Morgan fingerprint density at radius 3 is 2.23 bits per heavy atom. The molecule has 0 heterocycles. The molecule has 4 heteroatoms. The highest BCUT2D eigenvalue weighted by Gasteiger charge is 2.72. The number of carbonyl (C=O) groups excluding carboxylic acids is 1. The van der Waals surface area contributed by atoms with Crippen molar-refractivity contribution in [1.29, 1.82) is 0 Å². The molecule has 0 amide bonds. The van der Waals surface area contributed by atoms with Gasteiger partial charge in [0.05, 0.1) is 12.1 Å². The second-order valence-corrected chi connectivity index (χ2v) is 7.82. The van der Waals surface area contributed by atoms with E-state index < -0.39 is 6.04 Å². The fourth-order valence-electron chi connectivity index (χ4n) is 5.69. The van der Waals surface area contributed by atoms with Gasteiger partial charge in [-0.3, -0.25) is 9.69 Å². The van der Waals surface area contributed by atoms with E-state index in [9.17, 15) is 4.79 Å². The van der Waals surface area contributed by atoms with Crippen LogP contribution in [0.15, 0.2) is 0 Å². The van der Waals surface area contributed by atoms with Gasteiger partial charge < -0.3 is 10.5 Å². The van der Waals surface area contributed by atoms with E-state index in [0.29, 0.717) is 12.5 Å². The molecule has 2 aliphatic carbocycles. The molecule has 2 saturated carbocycles. The zero-order chi connectivity index (χ0) is 16.8. The first kappa shape index (κ1) is 17.7. The molecule has 2 fully saturated rings. The molecule has 2 aliphatic rings. The molecule has 0 unspecified atom stereocenters. The lowest BCUT2D eigenvalue weighted by Crippen LogP contribution is -2.70. The van der Waals surface area contributed by atoms with E-state index in [1.807, 2.05) is 6.92 Å². The van der Waals surface area contributed by atoms with Gasteiger partial charge in [-0.15, -0.1) is 0 Å². The molecule has 0 aliphatic heterocycles. The molecule has 0 spiro atoms. The molecule has 0 aromatic heterocycles. The summed E-state index contributed by atoms with van der Waals surface area (Å²) in [6.07, 6.45) is 3.41. The minimum absolute atomic E-state index is 0.0445. The largest absolute Gasteiger partial charge is 0.465 e. The summed E-state index contributed by atoms with van der Waals surface area (Å²) >= 11 is 0. The van der Waals surface area contributed by atoms with Gasteiger partial charge in [0.15, 0.2) is 0 Å². The van der Waals surface area contributed by atoms with E-state index in [4.69, 9.17) is 10.5 Å². The van der Waals surface area contributed by atoms with Crippen LogP contribution in [-0.4, -0.2) is 42.1 Å². The molecule has 2 bridgehead atoms. The second-order valence-electron chi connectivity index (χ2n) is 7.82. The number of nitrogens with two attached hydrogens (primary N) is 1. The number of fused-ring (bicyclic) bond motifs is 2. The highest BCUT2D eigenvalue weighted by atomic mass is 16.5. The molecular formula is C18H34N2O2. The van der Waals surface area contributed by atoms with Crippen molar-refractivity contribution in [2.24, 2.45) is 22.5 Å². The van der Waals surface area contributed by atoms with Crippen LogP contribution in [0.5, 0.6) is 0 Å². The van der Waals surface area contributed by atoms with Crippen LogP contribution in [-0.2, 0) is 9.53 Å². The molecule has 4 nitrogen and oxygen atoms in total. The molecular weight excluding hydrogens is 276 g/mol. The van der Waals surface area contributed by atoms with Crippen LogP contribution in [0, 0.1) is 16.7 Å². The number of rotatable bonds is 6. The van der Waals surface area contributed by atoms with Gasteiger partial charge in [-0.2, -0.15) is 0 Å². The van der Waals surface area contributed by atoms with Gasteiger partial charge in [-0.1, -0.05) is 34.6 Å². The molecule has 0 saturated heterocycles. The summed E-state index contributed by atoms with van der Waals surface area (Å²) < 4.78 is 5.31. The Labute approximate surface area is 135 Å². The SMILES string of the molecule is CCOC(=O)[C@@H](N)[C@@]1(N(CC)CC)C[C@@H]2CC[C@@]1(C)C2(C)C. The third-order valence-electron chi connectivity index (χ3n) is 7.33. The first-order chi connectivity index (χ1) is 10.2. The maximum Gasteiger partial charge on any atom is 0.324 e. The summed E-state index contributed by atoms with van der Waals surface area (Å²) in [6, 6.07) is -0.568. The van der Waals surface area contributed by atoms with E-state index in [0.717, 1.165) is 25.9 Å². The summed E-state index contributed by atoms with van der Waals surface area (Å²) in [5.41, 5.74) is 6.54. The summed E-state index contributed by atoms with van der Waals surface area (Å²) in [6.45, 7) is 15.5. The lowest BCUT2D eigenvalue weighted by atomic mass is 9.59. The molecule has 2 N–H and O–H groups in total. The second kappa shape index (κ2) is 5.79. The van der Waals surface area contributed by atoms with Crippen LogP contribution in [0.3, 0.4) is 0 Å². The van der Waals surface area contributed by atoms with Gasteiger partial charge in [0.25, 0.3) is 0 Å². The number of esters is 1. The zero-order valence-corrected chi connectivity index (χ0v) is 15.2. The predicted octanol–water partition coefficient (Wildman–Crippen LogP) is 2.80. The molecule has 22 heavy (non-hydrogen) atoms. The lowest BCUT2D eigenvalue weighted by molar-refractivity contribution is -0.155. The van der Waals surface area contributed by atoms with Crippen LogP contribution < -0.4 is 5.73 Å². The van der Waals surface area contributed by atoms with Gasteiger partial charge in [-0.05, 0) is 56.0 Å². The molecule has 0 radical (unpaired) electrons. The van der Waals surface area contributed by atoms with Crippen molar-refractivity contribution < 1.29 is 9.53 Å². The Morgan fingerprint density at radius 2 is 1.86 bits per heavy atom. The molecule has 2 rings (SSSR count). The van der Waals surface area contributed by atoms with Crippen molar-refractivity contribution in [3.05, 3.63) is 0 Å². The van der Waals surface area contributed by atoms with Crippen molar-refractivity contribution in [2.45, 2.75) is 72.4 Å². The number of nitrogens with zero attached hydrogens (tertiary/aromatic N) is 1. The van der Waals surface area contributed by atoms with E-state index in [1.54, 1.807) is 0 Å². The van der Waals surface area contributed by atoms with Gasteiger partial charge in [0, 0.05) is 0 Å². The van der Waals surface area contributed by atoms with Gasteiger partial charge in [-0.25, -0.2) is 0 Å². The fraction of sp³-hybridized carbons (Fsp3) is 0.944. The Balaban J connectivity index is 2.52. The standard InChI is InChI=1S/C18H34N2O2/c1-7-20(8-2)18(14(19)15(21)22-9-3)12-13-10-11-17(18,6)16(13,4)5/h13-14H,7-12,19H2,1-6H3/t13-,14+,17-,18-/m0/s1. The Morgan fingerprint density at radius 1 is 1.27 bits per heavy atom. The van der Waals surface area contributed by atoms with E-state index in [1.165, 1.54) is 6.42 Å². The fourth-order valence-corrected chi connectivity index (χ4v) is 5.69. The van der Waals surface area contributed by atoms with Crippen molar-refractivity contribution in [3.8, 4) is 0 Å². The maximum atomic E-state index is 12.5. The third-order valence-corrected chi connectivity index (χ3v) is 7.33. The number of hydrogen-bond acceptors (Lipinski definition) is 4. The first-order valence-corrected chi connectivity index (χ1v) is 8.90. The number of hydrogen-bond donors (Lipinski definition) is 1. The van der Waals surface area contributed by atoms with E-state index >= 15 is 0 Å². The molecule has 0 aromatic carbocycles. The van der Waals surface area contributed by atoms with Crippen molar-refractivity contribution >= 4 is 5.97 Å². The smallest absolute Gasteiger partial charge is 0.324 e. The highest BCUT2D eigenvalue weighted by Crippen LogP contribution is 2.71. The van der Waals surface area contributed by atoms with Crippen molar-refractivity contribution in [2.75, 3.05) is 19.7 Å². The van der Waals surface area contributed by atoms with E-state index in [2.05, 4.69) is 39.5 Å². The maximum absolute atomic E-state index is 12.5. The van der Waals surface area contributed by atoms with E-state index in [-0.39, 0.29) is 22.3 Å². The quantitative estimate of drug-likeness (QED) is 0.767. The number of ether oxygens (including phenoxy) is 1. The Hall–Kier alpha value is -0.610. The van der Waals surface area contributed by atoms with Crippen LogP contribution in [0.2, 0.25) is 0 Å². The number of carbonyl (C=O) groups is 1. The average molecular weight is 310 g/mol. The zero-order valence-electron chi connectivity index (χ0n) is 15.2. The normalized spacial score (nSPS) is 37.5. The predicted molar refractivity (Wildman–Crippen MR) is 89.5 cm³/mol. The Bertz CT molecular complexity index is 433. The molecule has 0 aromatic rings. The highest BCUT2D eigenvalue weighted by molar-refractivity contribution is 5.78. The topological polar surface area (TPSA) is 55.6 Å². The monoisotopic (exact) mass is 310 g/mol. The van der Waals surface area contributed by atoms with Crippen LogP contribution >= 0.6 is 0 Å². The summed E-state index contributed by atoms with van der Waals surface area (Å²) in [4.78, 5) is 15.0. The summed E-state index contributed by atoms with van der Waals surface area (Å²) in [7, 11) is 0. The Kier molecular flexibility index (Phi) is 4.67. The van der Waals surface area contributed by atoms with Crippen molar-refractivity contribution in [3.63, 3.8) is 0 Å². The average Bonchev–Trinajstić information content (AvgIpc) is 2.80. The summed E-state index contributed by atoms with van der Waals surface area (Å²) in [5, 5.41) is 0. The van der Waals surface area contributed by atoms with Gasteiger partial charge >= 0.3 is 5.97 Å². The first-order valence-electron chi connectivity index (χ1n) is 8.90. The minimum Gasteiger partial charge on any atom is -0.465 e. The molecule has 4 atom stereocenters. The number of likely N-dealkylation sites (N-methyl/N-ethyl adjacent to an activating group) is 1. The van der Waals surface area contributed by atoms with Crippen LogP contribution in [0.1, 0.15) is 60.8 Å². The van der Waals surface area contributed by atoms with Crippen LogP contribution in [0.25, 0.3) is 0 Å².